The van der Waals surface area contributed by atoms with Gasteiger partial charge in [0, 0.05) is 15.6 Å². The van der Waals surface area contributed by atoms with E-state index in [1.165, 1.54) is 0 Å². The lowest BCUT2D eigenvalue weighted by molar-refractivity contribution is -0.105. The lowest BCUT2D eigenvalue weighted by Gasteiger charge is -2.26. The maximum absolute atomic E-state index is 11.1. The lowest BCUT2D eigenvalue weighted by Crippen LogP contribution is -2.13. The second kappa shape index (κ2) is 4.56. The van der Waals surface area contributed by atoms with E-state index in [2.05, 4.69) is 22.0 Å². The molecule has 1 aliphatic carbocycles. The summed E-state index contributed by atoms with van der Waals surface area (Å²) >= 11 is 9.59. The molecule has 0 saturated heterocycles. The van der Waals surface area contributed by atoms with Gasteiger partial charge in [-0.15, -0.1) is 0 Å². The Labute approximate surface area is 118 Å². The molecule has 0 unspecified atom stereocenters. The Bertz CT molecular complexity index is 602. The predicted octanol–water partition coefficient (Wildman–Crippen LogP) is 4.52. The third kappa shape index (κ3) is 1.91. The van der Waals surface area contributed by atoms with Gasteiger partial charge in [-0.25, -0.2) is 0 Å². The van der Waals surface area contributed by atoms with Crippen LogP contribution in [0.3, 0.4) is 0 Å². The first-order valence-electron chi connectivity index (χ1n) is 5.75. The van der Waals surface area contributed by atoms with E-state index in [-0.39, 0.29) is 0 Å². The first-order valence-corrected chi connectivity index (χ1v) is 6.92. The number of allylic oxidation sites excluding steroid dienone is 2. The number of rotatable bonds is 1. The highest BCUT2D eigenvalue weighted by Gasteiger charge is 2.25. The molecular formula is C14H10BrClO2. The zero-order chi connectivity index (χ0) is 12.7. The van der Waals surface area contributed by atoms with Crippen molar-refractivity contribution in [2.75, 3.05) is 0 Å². The summed E-state index contributed by atoms with van der Waals surface area (Å²) in [5.41, 5.74) is 2.78. The number of hydrogen-bond acceptors (Lipinski definition) is 2. The summed E-state index contributed by atoms with van der Waals surface area (Å²) in [5.74, 6) is 1.34. The SMILES string of the molecule is O=CC1=C2Oc3c(Cl)cc(Br)cc3C=C2CCC1. The summed E-state index contributed by atoms with van der Waals surface area (Å²) in [7, 11) is 0. The molecule has 3 rings (SSSR count). The van der Waals surface area contributed by atoms with E-state index >= 15 is 0 Å². The molecule has 1 heterocycles. The van der Waals surface area contributed by atoms with Crippen molar-refractivity contribution in [1.29, 1.82) is 0 Å². The molecule has 4 heteroatoms. The van der Waals surface area contributed by atoms with Gasteiger partial charge >= 0.3 is 0 Å². The largest absolute Gasteiger partial charge is 0.454 e. The Hall–Kier alpha value is -1.06. The standard InChI is InChI=1S/C14H10BrClO2/c15-11-5-10-4-8-2-1-3-9(7-17)13(8)18-14(10)12(16)6-11/h4-7H,1-3H2. The molecular weight excluding hydrogens is 316 g/mol. The molecule has 0 aromatic heterocycles. The van der Waals surface area contributed by atoms with Crippen LogP contribution >= 0.6 is 27.5 Å². The lowest BCUT2D eigenvalue weighted by atomic mass is 9.91. The topological polar surface area (TPSA) is 26.3 Å². The van der Waals surface area contributed by atoms with E-state index in [0.29, 0.717) is 16.5 Å². The number of aldehydes is 1. The van der Waals surface area contributed by atoms with Crippen molar-refractivity contribution in [3.8, 4) is 5.75 Å². The fourth-order valence-electron chi connectivity index (χ4n) is 2.37. The quantitative estimate of drug-likeness (QED) is 0.710. The van der Waals surface area contributed by atoms with Crippen LogP contribution in [0.5, 0.6) is 5.75 Å². The highest BCUT2D eigenvalue weighted by atomic mass is 79.9. The van der Waals surface area contributed by atoms with Crippen LogP contribution in [0.2, 0.25) is 5.02 Å². The first kappa shape index (κ1) is 12.0. The van der Waals surface area contributed by atoms with Gasteiger partial charge in [0.05, 0.1) is 5.02 Å². The summed E-state index contributed by atoms with van der Waals surface area (Å²) in [4.78, 5) is 11.1. The molecule has 2 aliphatic rings. The van der Waals surface area contributed by atoms with Crippen LogP contribution in [0.15, 0.2) is 33.5 Å². The van der Waals surface area contributed by atoms with E-state index in [1.807, 2.05) is 6.07 Å². The van der Waals surface area contributed by atoms with Gasteiger partial charge in [0.2, 0.25) is 0 Å². The summed E-state index contributed by atoms with van der Waals surface area (Å²) in [5, 5.41) is 0.554. The predicted molar refractivity (Wildman–Crippen MR) is 74.7 cm³/mol. The number of hydrogen-bond donors (Lipinski definition) is 0. The van der Waals surface area contributed by atoms with Crippen molar-refractivity contribution in [2.24, 2.45) is 0 Å². The first-order chi connectivity index (χ1) is 8.69. The van der Waals surface area contributed by atoms with Crippen LogP contribution in [0.25, 0.3) is 6.08 Å². The van der Waals surface area contributed by atoms with Gasteiger partial charge in [0.1, 0.15) is 12.0 Å². The van der Waals surface area contributed by atoms with E-state index in [4.69, 9.17) is 16.3 Å². The molecule has 1 aliphatic heterocycles. The van der Waals surface area contributed by atoms with Gasteiger partial charge in [0.15, 0.2) is 5.75 Å². The van der Waals surface area contributed by atoms with E-state index in [1.54, 1.807) is 6.07 Å². The van der Waals surface area contributed by atoms with Crippen molar-refractivity contribution in [2.45, 2.75) is 19.3 Å². The summed E-state index contributed by atoms with van der Waals surface area (Å²) in [6, 6.07) is 3.77. The Morgan fingerprint density at radius 2 is 2.17 bits per heavy atom. The fraction of sp³-hybridized carbons (Fsp3) is 0.214. The average Bonchev–Trinajstić information content (AvgIpc) is 2.36. The third-order valence-corrected chi connectivity index (χ3v) is 3.93. The Kier molecular flexibility index (Phi) is 3.04. The minimum Gasteiger partial charge on any atom is -0.454 e. The van der Waals surface area contributed by atoms with E-state index in [0.717, 1.165) is 46.7 Å². The molecule has 1 aromatic rings. The molecule has 0 radical (unpaired) electrons. The second-order valence-electron chi connectivity index (χ2n) is 4.40. The fourth-order valence-corrected chi connectivity index (χ4v) is 3.24. The van der Waals surface area contributed by atoms with Crippen LogP contribution in [-0.4, -0.2) is 6.29 Å². The summed E-state index contributed by atoms with van der Waals surface area (Å²) < 4.78 is 6.77. The molecule has 2 nitrogen and oxygen atoms in total. The van der Waals surface area contributed by atoms with E-state index < -0.39 is 0 Å². The van der Waals surface area contributed by atoms with Crippen LogP contribution in [0.4, 0.5) is 0 Å². The number of halogens is 2. The van der Waals surface area contributed by atoms with Crippen LogP contribution < -0.4 is 4.74 Å². The Morgan fingerprint density at radius 3 is 2.94 bits per heavy atom. The number of carbonyl (C=O) groups excluding carboxylic acids is 1. The zero-order valence-corrected chi connectivity index (χ0v) is 11.8. The van der Waals surface area contributed by atoms with Crippen molar-refractivity contribution in [3.05, 3.63) is 44.1 Å². The van der Waals surface area contributed by atoms with Gasteiger partial charge in [0.25, 0.3) is 0 Å². The molecule has 0 bridgehead atoms. The van der Waals surface area contributed by atoms with Crippen molar-refractivity contribution in [3.63, 3.8) is 0 Å². The van der Waals surface area contributed by atoms with Crippen molar-refractivity contribution in [1.82, 2.24) is 0 Å². The van der Waals surface area contributed by atoms with Gasteiger partial charge in [-0.1, -0.05) is 27.5 Å². The summed E-state index contributed by atoms with van der Waals surface area (Å²) in [6.45, 7) is 0. The molecule has 0 N–H and O–H groups in total. The molecule has 0 saturated carbocycles. The van der Waals surface area contributed by atoms with E-state index in [9.17, 15) is 4.79 Å². The molecule has 1 aromatic carbocycles. The number of carbonyl (C=O) groups is 1. The highest BCUT2D eigenvalue weighted by molar-refractivity contribution is 9.10. The minimum atomic E-state index is 0.554. The molecule has 92 valence electrons. The Morgan fingerprint density at radius 1 is 1.33 bits per heavy atom. The van der Waals surface area contributed by atoms with Crippen LogP contribution in [0, 0.1) is 0 Å². The molecule has 0 fully saturated rings. The van der Waals surface area contributed by atoms with Gasteiger partial charge in [-0.05, 0) is 43.0 Å². The maximum Gasteiger partial charge on any atom is 0.153 e. The molecule has 18 heavy (non-hydrogen) atoms. The van der Waals surface area contributed by atoms with Crippen molar-refractivity contribution < 1.29 is 9.53 Å². The normalized spacial score (nSPS) is 17.6. The number of ether oxygens (including phenoxy) is 1. The number of benzene rings is 1. The Balaban J connectivity index is 2.20. The van der Waals surface area contributed by atoms with Gasteiger partial charge in [-0.3, -0.25) is 4.79 Å². The van der Waals surface area contributed by atoms with Gasteiger partial charge < -0.3 is 4.74 Å². The summed E-state index contributed by atoms with van der Waals surface area (Å²) in [6.07, 6.45) is 5.66. The van der Waals surface area contributed by atoms with Gasteiger partial charge in [-0.2, -0.15) is 0 Å². The minimum absolute atomic E-state index is 0.554. The van der Waals surface area contributed by atoms with Crippen LogP contribution in [-0.2, 0) is 4.79 Å². The average molecular weight is 326 g/mol. The van der Waals surface area contributed by atoms with Crippen molar-refractivity contribution >= 4 is 39.9 Å². The molecule has 0 spiro atoms. The second-order valence-corrected chi connectivity index (χ2v) is 5.73. The monoisotopic (exact) mass is 324 g/mol. The maximum atomic E-state index is 11.1. The van der Waals surface area contributed by atoms with Crippen LogP contribution in [0.1, 0.15) is 24.8 Å². The zero-order valence-electron chi connectivity index (χ0n) is 9.50. The third-order valence-electron chi connectivity index (χ3n) is 3.19. The molecule has 0 amide bonds. The number of fused-ring (bicyclic) bond motifs is 2. The highest BCUT2D eigenvalue weighted by Crippen LogP contribution is 2.43. The molecule has 0 atom stereocenters. The smallest absolute Gasteiger partial charge is 0.153 e.